The number of hydrogen-bond acceptors (Lipinski definition) is 7. The molecule has 4 rings (SSSR count). The van der Waals surface area contributed by atoms with Gasteiger partial charge in [0, 0.05) is 37.6 Å². The third kappa shape index (κ3) is 4.01. The van der Waals surface area contributed by atoms with Crippen LogP contribution in [-0.4, -0.2) is 64.5 Å². The Hall–Kier alpha value is -3.35. The number of hydrogen-bond donors (Lipinski definition) is 0. The number of carbonyl (C=O) groups is 1. The maximum absolute atomic E-state index is 13.1. The highest BCUT2D eigenvalue weighted by molar-refractivity contribution is 5.96. The molecule has 2 saturated heterocycles. The van der Waals surface area contributed by atoms with E-state index in [9.17, 15) is 18.8 Å². The Bertz CT molecular complexity index is 996. The second kappa shape index (κ2) is 8.18. The van der Waals surface area contributed by atoms with Crippen LogP contribution in [-0.2, 0) is 0 Å². The Balaban J connectivity index is 1.53. The minimum atomic E-state index is -2.65. The van der Waals surface area contributed by atoms with Gasteiger partial charge in [0.15, 0.2) is 6.61 Å². The number of fused-ring (bicyclic) bond motifs is 2. The number of anilines is 1. The molecular formula is C20H20F2N6O2. The van der Waals surface area contributed by atoms with Gasteiger partial charge in [0.05, 0.1) is 0 Å². The molecule has 156 valence electrons. The van der Waals surface area contributed by atoms with E-state index >= 15 is 0 Å². The van der Waals surface area contributed by atoms with E-state index in [0.717, 1.165) is 6.42 Å². The molecule has 8 nitrogen and oxygen atoms in total. The average Bonchev–Trinajstić information content (AvgIpc) is 3.04. The second-order valence-electron chi connectivity index (χ2n) is 7.48. The summed E-state index contributed by atoms with van der Waals surface area (Å²) >= 11 is 0. The number of halogens is 2. The van der Waals surface area contributed by atoms with Gasteiger partial charge in [-0.15, -0.1) is 0 Å². The van der Waals surface area contributed by atoms with E-state index in [4.69, 9.17) is 4.74 Å². The lowest BCUT2D eigenvalue weighted by Crippen LogP contribution is -2.45. The first-order chi connectivity index (χ1) is 14.4. The Labute approximate surface area is 172 Å². The van der Waals surface area contributed by atoms with Crippen LogP contribution in [0.15, 0.2) is 24.4 Å². The van der Waals surface area contributed by atoms with Gasteiger partial charge in [-0.2, -0.15) is 5.26 Å². The van der Waals surface area contributed by atoms with Crippen molar-refractivity contribution in [3.8, 4) is 11.9 Å². The highest BCUT2D eigenvalue weighted by Gasteiger charge is 2.42. The van der Waals surface area contributed by atoms with Crippen LogP contribution in [0.1, 0.15) is 28.2 Å². The first-order valence-electron chi connectivity index (χ1n) is 9.62. The molecule has 2 aromatic heterocycles. The van der Waals surface area contributed by atoms with Crippen molar-refractivity contribution in [1.82, 2.24) is 19.9 Å². The average molecular weight is 414 g/mol. The molecule has 10 heteroatoms. The van der Waals surface area contributed by atoms with Gasteiger partial charge >= 0.3 is 0 Å². The number of nitrogens with zero attached hydrogens (tertiary/aromatic N) is 6. The van der Waals surface area contributed by atoms with Crippen LogP contribution < -0.4 is 9.64 Å². The van der Waals surface area contributed by atoms with E-state index in [-0.39, 0.29) is 29.3 Å². The zero-order valence-electron chi connectivity index (χ0n) is 16.3. The van der Waals surface area contributed by atoms with E-state index < -0.39 is 13.0 Å². The lowest BCUT2D eigenvalue weighted by Gasteiger charge is -2.33. The summed E-state index contributed by atoms with van der Waals surface area (Å²) in [6.45, 7) is 2.66. The summed E-state index contributed by atoms with van der Waals surface area (Å²) < 4.78 is 30.1. The van der Waals surface area contributed by atoms with Gasteiger partial charge < -0.3 is 14.5 Å². The van der Waals surface area contributed by atoms with Gasteiger partial charge in [-0.1, -0.05) is 0 Å². The Morgan fingerprint density at radius 2 is 2.20 bits per heavy atom. The number of aryl methyl sites for hydroxylation is 1. The summed E-state index contributed by atoms with van der Waals surface area (Å²) in [6.07, 6.45) is -0.354. The predicted molar refractivity (Wildman–Crippen MR) is 102 cm³/mol. The third-order valence-electron chi connectivity index (χ3n) is 5.26. The van der Waals surface area contributed by atoms with E-state index in [2.05, 4.69) is 15.0 Å². The molecule has 30 heavy (non-hydrogen) atoms. The summed E-state index contributed by atoms with van der Waals surface area (Å²) in [5.74, 6) is 0.338. The van der Waals surface area contributed by atoms with E-state index in [1.807, 2.05) is 17.9 Å². The highest BCUT2D eigenvalue weighted by atomic mass is 19.3. The Morgan fingerprint density at radius 1 is 1.37 bits per heavy atom. The molecule has 0 aromatic carbocycles. The molecule has 2 bridgehead atoms. The maximum atomic E-state index is 13.1. The molecule has 2 aliphatic heterocycles. The van der Waals surface area contributed by atoms with E-state index in [1.54, 1.807) is 17.0 Å². The van der Waals surface area contributed by atoms with Crippen molar-refractivity contribution in [3.05, 3.63) is 41.3 Å². The fourth-order valence-electron chi connectivity index (χ4n) is 4.09. The van der Waals surface area contributed by atoms with Gasteiger partial charge in [0.2, 0.25) is 11.8 Å². The molecule has 0 saturated carbocycles. The normalized spacial score (nSPS) is 20.4. The number of rotatable bonds is 5. The summed E-state index contributed by atoms with van der Waals surface area (Å²) in [7, 11) is 0. The summed E-state index contributed by atoms with van der Waals surface area (Å²) in [6, 6.07) is 6.81. The summed E-state index contributed by atoms with van der Waals surface area (Å²) in [5, 5.41) is 9.19. The van der Waals surface area contributed by atoms with E-state index in [0.29, 0.717) is 37.0 Å². The molecule has 2 fully saturated rings. The number of piperidine rings is 1. The molecule has 1 amide bonds. The second-order valence-corrected chi connectivity index (χ2v) is 7.48. The minimum absolute atomic E-state index is 0.0168. The summed E-state index contributed by atoms with van der Waals surface area (Å²) in [4.78, 5) is 29.6. The van der Waals surface area contributed by atoms with Crippen molar-refractivity contribution < 1.29 is 18.3 Å². The van der Waals surface area contributed by atoms with Gasteiger partial charge in [-0.05, 0) is 37.5 Å². The smallest absolute Gasteiger partial charge is 0.272 e. The SMILES string of the molecule is Cc1cc(C#N)nc(N2CC3CC2CN(C(=O)c2cccnc2OCC(F)F)C3)n1. The van der Waals surface area contributed by atoms with Crippen molar-refractivity contribution >= 4 is 11.9 Å². The number of ether oxygens (including phenoxy) is 1. The molecule has 0 aliphatic carbocycles. The van der Waals surface area contributed by atoms with Gasteiger partial charge in [0.25, 0.3) is 12.3 Å². The molecule has 0 spiro atoms. The molecule has 0 N–H and O–H groups in total. The Kier molecular flexibility index (Phi) is 5.44. The van der Waals surface area contributed by atoms with Crippen molar-refractivity contribution in [3.63, 3.8) is 0 Å². The largest absolute Gasteiger partial charge is 0.471 e. The van der Waals surface area contributed by atoms with Crippen molar-refractivity contribution in [2.45, 2.75) is 25.8 Å². The standard InChI is InChI=1S/C20H20F2N6O2/c1-12-5-14(7-23)26-20(25-12)28-9-13-6-15(28)10-27(8-13)19(29)16-3-2-4-24-18(16)30-11-17(21)22/h2-5,13,15,17H,6,8-11H2,1H3. The van der Waals surface area contributed by atoms with Crippen LogP contribution in [0, 0.1) is 24.2 Å². The number of likely N-dealkylation sites (tertiary alicyclic amines) is 1. The van der Waals surface area contributed by atoms with Gasteiger partial charge in [-0.3, -0.25) is 4.79 Å². The topological polar surface area (TPSA) is 95.2 Å². The lowest BCUT2D eigenvalue weighted by molar-refractivity contribution is 0.0657. The van der Waals surface area contributed by atoms with Crippen molar-refractivity contribution in [1.29, 1.82) is 5.26 Å². The van der Waals surface area contributed by atoms with Crippen LogP contribution in [0.2, 0.25) is 0 Å². The number of aromatic nitrogens is 3. The molecule has 2 unspecified atom stereocenters. The first-order valence-corrected chi connectivity index (χ1v) is 9.62. The monoisotopic (exact) mass is 414 g/mol. The van der Waals surface area contributed by atoms with Crippen LogP contribution >= 0.6 is 0 Å². The molecular weight excluding hydrogens is 394 g/mol. The molecule has 2 atom stereocenters. The fourth-order valence-corrected chi connectivity index (χ4v) is 4.09. The number of alkyl halides is 2. The molecule has 2 aliphatic rings. The number of carbonyl (C=O) groups excluding carboxylic acids is 1. The van der Waals surface area contributed by atoms with Gasteiger partial charge in [-0.25, -0.2) is 23.7 Å². The molecule has 0 radical (unpaired) electrons. The number of amides is 1. The number of pyridine rings is 1. The zero-order valence-corrected chi connectivity index (χ0v) is 16.3. The minimum Gasteiger partial charge on any atom is -0.471 e. The van der Waals surface area contributed by atoms with Crippen LogP contribution in [0.3, 0.4) is 0 Å². The predicted octanol–water partition coefficient (Wildman–Crippen LogP) is 2.05. The lowest BCUT2D eigenvalue weighted by atomic mass is 9.99. The van der Waals surface area contributed by atoms with Gasteiger partial charge in [0.1, 0.15) is 17.3 Å². The van der Waals surface area contributed by atoms with Crippen molar-refractivity contribution in [2.24, 2.45) is 5.92 Å². The van der Waals surface area contributed by atoms with Crippen molar-refractivity contribution in [2.75, 3.05) is 31.1 Å². The highest BCUT2D eigenvalue weighted by Crippen LogP contribution is 2.33. The Morgan fingerprint density at radius 3 is 2.97 bits per heavy atom. The quantitative estimate of drug-likeness (QED) is 0.739. The van der Waals surface area contributed by atoms with Crippen LogP contribution in [0.4, 0.5) is 14.7 Å². The first kappa shape index (κ1) is 19.9. The maximum Gasteiger partial charge on any atom is 0.272 e. The van der Waals surface area contributed by atoms with E-state index in [1.165, 1.54) is 12.3 Å². The molecule has 2 aromatic rings. The molecule has 4 heterocycles. The third-order valence-corrected chi connectivity index (χ3v) is 5.26. The van der Waals surface area contributed by atoms with Crippen LogP contribution in [0.25, 0.3) is 0 Å². The van der Waals surface area contributed by atoms with Crippen LogP contribution in [0.5, 0.6) is 5.88 Å². The summed E-state index contributed by atoms with van der Waals surface area (Å²) in [5.41, 5.74) is 1.19. The fraction of sp³-hybridized carbons (Fsp3) is 0.450. The zero-order chi connectivity index (χ0) is 21.3. The number of nitriles is 1.